The van der Waals surface area contributed by atoms with Crippen molar-refractivity contribution in [3.63, 3.8) is 0 Å². The molecule has 5 nitrogen and oxygen atoms in total. The van der Waals surface area contributed by atoms with Gasteiger partial charge in [-0.1, -0.05) is 168 Å². The van der Waals surface area contributed by atoms with Crippen molar-refractivity contribution in [2.24, 2.45) is 11.8 Å². The average molecular weight is 940 g/mol. The first-order chi connectivity index (χ1) is 34.0. The van der Waals surface area contributed by atoms with Crippen LogP contribution >= 0.6 is 0 Å². The number of rotatable bonds is 34. The molecule has 5 heteroatoms. The maximum atomic E-state index is 7.17. The second kappa shape index (κ2) is 32.4. The summed E-state index contributed by atoms with van der Waals surface area (Å²) in [5, 5.41) is 0. The Morgan fingerprint density at radius 3 is 1.03 bits per heavy atom. The number of aromatic nitrogens is 4. The molecular weight excluding hydrogens is 841 g/mol. The van der Waals surface area contributed by atoms with Crippen LogP contribution in [0, 0.1) is 11.8 Å². The van der Waals surface area contributed by atoms with Gasteiger partial charge < -0.3 is 4.74 Å². The molecule has 2 aromatic heterocycles. The van der Waals surface area contributed by atoms with Crippen molar-refractivity contribution in [1.82, 2.24) is 19.9 Å². The fourth-order valence-corrected chi connectivity index (χ4v) is 11.6. The first-order valence-electron chi connectivity index (χ1n) is 29.6. The van der Waals surface area contributed by atoms with Crippen LogP contribution in [0.5, 0.6) is 11.5 Å². The molecule has 0 bridgehead atoms. The highest BCUT2D eigenvalue weighted by Crippen LogP contribution is 2.41. The van der Waals surface area contributed by atoms with Gasteiger partial charge in [-0.05, 0) is 173 Å². The van der Waals surface area contributed by atoms with E-state index in [-0.39, 0.29) is 0 Å². The summed E-state index contributed by atoms with van der Waals surface area (Å²) < 4.78 is 7.17. The van der Waals surface area contributed by atoms with Gasteiger partial charge >= 0.3 is 0 Å². The number of unbranched alkanes of at least 4 members (excludes halogenated alkanes) is 18. The van der Waals surface area contributed by atoms with E-state index in [1.165, 1.54) is 226 Å². The Hall–Kier alpha value is -3.60. The van der Waals surface area contributed by atoms with Crippen molar-refractivity contribution < 1.29 is 4.74 Å². The summed E-state index contributed by atoms with van der Waals surface area (Å²) in [6.07, 6.45) is 54.1. The molecule has 0 N–H and O–H groups in total. The van der Waals surface area contributed by atoms with Gasteiger partial charge in [-0.2, -0.15) is 0 Å². The number of benzene rings is 2. The minimum Gasteiger partial charge on any atom is -0.457 e. The van der Waals surface area contributed by atoms with Gasteiger partial charge in [-0.3, -0.25) is 0 Å². The highest BCUT2D eigenvalue weighted by atomic mass is 16.5. The van der Waals surface area contributed by atoms with Gasteiger partial charge in [0, 0.05) is 36.6 Å². The molecule has 2 fully saturated rings. The molecule has 0 radical (unpaired) electrons. The van der Waals surface area contributed by atoms with Gasteiger partial charge in [-0.15, -0.1) is 0 Å². The van der Waals surface area contributed by atoms with Gasteiger partial charge in [0.2, 0.25) is 0 Å². The monoisotopic (exact) mass is 939 g/mol. The maximum absolute atomic E-state index is 7.17. The lowest BCUT2D eigenvalue weighted by atomic mass is 9.78. The highest BCUT2D eigenvalue weighted by Gasteiger charge is 2.27. The van der Waals surface area contributed by atoms with Crippen LogP contribution in [0.15, 0.2) is 61.2 Å². The molecule has 2 saturated carbocycles. The normalized spacial score (nSPS) is 18.4. The van der Waals surface area contributed by atoms with Crippen LogP contribution in [0.3, 0.4) is 0 Å². The Labute approximate surface area is 423 Å². The van der Waals surface area contributed by atoms with Crippen LogP contribution < -0.4 is 4.74 Å². The van der Waals surface area contributed by atoms with E-state index in [0.717, 1.165) is 61.7 Å². The van der Waals surface area contributed by atoms with Gasteiger partial charge in [0.15, 0.2) is 0 Å². The lowest BCUT2D eigenvalue weighted by molar-refractivity contribution is 0.312. The molecule has 0 aliphatic heterocycles. The molecule has 0 saturated heterocycles. The Morgan fingerprint density at radius 2 is 0.667 bits per heavy atom. The molecular formula is C64H98N4O. The summed E-state index contributed by atoms with van der Waals surface area (Å²) in [4.78, 5) is 19.8. The quantitative estimate of drug-likeness (QED) is 0.0437. The molecule has 2 aliphatic carbocycles. The van der Waals surface area contributed by atoms with E-state index in [2.05, 4.69) is 88.9 Å². The van der Waals surface area contributed by atoms with Gasteiger partial charge in [0.25, 0.3) is 0 Å². The largest absolute Gasteiger partial charge is 0.457 e. The van der Waals surface area contributed by atoms with Gasteiger partial charge in [-0.25, -0.2) is 19.9 Å². The summed E-state index contributed by atoms with van der Waals surface area (Å²) in [5.41, 5.74) is 8.34. The fourth-order valence-electron chi connectivity index (χ4n) is 11.6. The summed E-state index contributed by atoms with van der Waals surface area (Å²) in [5.74, 6) is 6.54. The molecule has 0 spiro atoms. The number of ether oxygens (including phenoxy) is 1. The molecule has 380 valence electrons. The Balaban J connectivity index is 1.04. The molecule has 2 heterocycles. The highest BCUT2D eigenvalue weighted by molar-refractivity contribution is 5.45. The van der Waals surface area contributed by atoms with Crippen molar-refractivity contribution in [1.29, 1.82) is 0 Å². The number of hydrogen-bond donors (Lipinski definition) is 0. The minimum atomic E-state index is 0.477. The molecule has 2 aromatic carbocycles. The molecule has 2 aliphatic rings. The van der Waals surface area contributed by atoms with Crippen molar-refractivity contribution in [3.8, 4) is 11.5 Å². The lowest BCUT2D eigenvalue weighted by Gasteiger charge is -2.29. The van der Waals surface area contributed by atoms with Crippen molar-refractivity contribution in [2.75, 3.05) is 0 Å². The predicted molar refractivity (Wildman–Crippen MR) is 293 cm³/mol. The van der Waals surface area contributed by atoms with E-state index >= 15 is 0 Å². The third kappa shape index (κ3) is 19.8. The smallest absolute Gasteiger partial charge is 0.131 e. The van der Waals surface area contributed by atoms with Gasteiger partial charge in [0.05, 0.1) is 0 Å². The molecule has 0 unspecified atom stereocenters. The van der Waals surface area contributed by atoms with Crippen molar-refractivity contribution in [3.05, 3.63) is 106 Å². The van der Waals surface area contributed by atoms with E-state index in [9.17, 15) is 0 Å². The third-order valence-electron chi connectivity index (χ3n) is 16.1. The van der Waals surface area contributed by atoms with E-state index < -0.39 is 0 Å². The van der Waals surface area contributed by atoms with E-state index in [4.69, 9.17) is 24.7 Å². The second-order valence-corrected chi connectivity index (χ2v) is 22.1. The summed E-state index contributed by atoms with van der Waals surface area (Å²) in [6, 6.07) is 14.4. The second-order valence-electron chi connectivity index (χ2n) is 22.1. The van der Waals surface area contributed by atoms with E-state index in [0.29, 0.717) is 23.7 Å². The van der Waals surface area contributed by atoms with Gasteiger partial charge in [0.1, 0.15) is 23.1 Å². The third-order valence-corrected chi connectivity index (χ3v) is 16.1. The lowest BCUT2D eigenvalue weighted by Crippen LogP contribution is -2.18. The Morgan fingerprint density at radius 1 is 0.362 bits per heavy atom. The summed E-state index contributed by atoms with van der Waals surface area (Å²) in [7, 11) is 0. The topological polar surface area (TPSA) is 60.8 Å². The first kappa shape index (κ1) is 54.7. The molecule has 4 aromatic rings. The van der Waals surface area contributed by atoms with Crippen LogP contribution in [0.1, 0.15) is 277 Å². The molecule has 0 amide bonds. The van der Waals surface area contributed by atoms with E-state index in [1.807, 2.05) is 0 Å². The average Bonchev–Trinajstić information content (AvgIpc) is 3.38. The first-order valence-corrected chi connectivity index (χ1v) is 29.6. The van der Waals surface area contributed by atoms with Crippen LogP contribution in [0.4, 0.5) is 0 Å². The van der Waals surface area contributed by atoms with Crippen LogP contribution in [0.25, 0.3) is 0 Å². The zero-order valence-corrected chi connectivity index (χ0v) is 44.7. The maximum Gasteiger partial charge on any atom is 0.131 e. The van der Waals surface area contributed by atoms with Crippen molar-refractivity contribution >= 4 is 0 Å². The zero-order valence-electron chi connectivity index (χ0n) is 44.7. The Kier molecular flexibility index (Phi) is 25.7. The summed E-state index contributed by atoms with van der Waals surface area (Å²) >= 11 is 0. The van der Waals surface area contributed by atoms with Crippen LogP contribution in [-0.2, 0) is 38.5 Å². The number of nitrogens with zero attached hydrogens (tertiary/aromatic N) is 4. The number of aryl methyl sites for hydroxylation is 4. The van der Waals surface area contributed by atoms with Crippen LogP contribution in [-0.4, -0.2) is 19.9 Å². The Bertz CT molecular complexity index is 1800. The molecule has 69 heavy (non-hydrogen) atoms. The number of hydrogen-bond acceptors (Lipinski definition) is 5. The summed E-state index contributed by atoms with van der Waals surface area (Å²) in [6.45, 7) is 9.20. The minimum absolute atomic E-state index is 0.477. The predicted octanol–water partition coefficient (Wildman–Crippen LogP) is 18.9. The van der Waals surface area contributed by atoms with Crippen molar-refractivity contribution in [2.45, 2.75) is 271 Å². The van der Waals surface area contributed by atoms with Crippen LogP contribution in [0.2, 0.25) is 0 Å². The fraction of sp³-hybridized carbons (Fsp3) is 0.688. The zero-order chi connectivity index (χ0) is 48.1. The molecule has 6 rings (SSSR count). The van der Waals surface area contributed by atoms with E-state index in [1.54, 1.807) is 0 Å². The molecule has 0 atom stereocenters. The SMILES string of the molecule is CCCCCCCCCCc1cnc([C@H]2CC[C@H](Cc3cc(CCCCC)ccc3Oc3ccc(CCCCC)cc3C[C@H]3CC[C@H](c4ncc(CCCCCCCCCC)cn4)CC3)CC2)nc1. The standard InChI is InChI=1S/C64H98N4O/c1-5-9-13-15-17-19-21-25-29-55-47-65-63(66-48-55)57-37-31-53(32-38-57)45-59-43-51(27-23-11-7-3)35-41-61(59)69-62-42-36-52(28-24-12-8-4)44-60(62)46-54-33-39-58(40-34-54)64-67-49-56(50-68-64)30-26-22-20-18-16-14-10-6-2/h35-36,41-44,47-50,53-54,57-58H,5-34,37-40,45-46H2,1-4H3/t53-,54-,57-,58-.